The molecule has 0 bridgehead atoms. The average Bonchev–Trinajstić information content (AvgIpc) is 2.06. The van der Waals surface area contributed by atoms with Crippen molar-refractivity contribution in [2.45, 2.75) is 26.4 Å². The number of pyridine rings is 1. The summed E-state index contributed by atoms with van der Waals surface area (Å²) < 4.78 is 49.4. The summed E-state index contributed by atoms with van der Waals surface area (Å²) in [5.74, 6) is -1.31. The number of halogens is 4. The number of alkyl halides is 3. The van der Waals surface area contributed by atoms with Crippen molar-refractivity contribution >= 4 is 0 Å². The molecule has 0 unspecified atom stereocenters. The zero-order valence-corrected chi connectivity index (χ0v) is 7.74. The second-order valence-corrected chi connectivity index (χ2v) is 2.91. The van der Waals surface area contributed by atoms with Gasteiger partial charge in [0.15, 0.2) is 11.5 Å². The van der Waals surface area contributed by atoms with Gasteiger partial charge in [-0.25, -0.2) is 9.37 Å². The zero-order valence-electron chi connectivity index (χ0n) is 7.74. The molecule has 78 valence electrons. The molecule has 1 heterocycles. The van der Waals surface area contributed by atoms with E-state index in [1.54, 1.807) is 6.92 Å². The zero-order chi connectivity index (χ0) is 10.9. The Morgan fingerprint density at radius 1 is 1.36 bits per heavy atom. The molecule has 0 aromatic carbocycles. The molecule has 0 amide bonds. The van der Waals surface area contributed by atoms with Crippen LogP contribution < -0.4 is 0 Å². The first-order chi connectivity index (χ1) is 6.36. The van der Waals surface area contributed by atoms with Gasteiger partial charge in [-0.3, -0.25) is 0 Å². The van der Waals surface area contributed by atoms with Crippen molar-refractivity contribution in [1.29, 1.82) is 0 Å². The van der Waals surface area contributed by atoms with E-state index in [4.69, 9.17) is 0 Å². The smallest absolute Gasteiger partial charge is 0.246 e. The summed E-state index contributed by atoms with van der Waals surface area (Å²) in [4.78, 5) is 3.21. The normalized spacial score (nSPS) is 11.9. The number of aryl methyl sites for hydroxylation is 2. The minimum absolute atomic E-state index is 0.223. The highest BCUT2D eigenvalue weighted by atomic mass is 19.4. The first kappa shape index (κ1) is 10.9. The third-order valence-corrected chi connectivity index (χ3v) is 1.92. The van der Waals surface area contributed by atoms with E-state index in [9.17, 15) is 17.6 Å². The van der Waals surface area contributed by atoms with Crippen LogP contribution in [0.2, 0.25) is 0 Å². The van der Waals surface area contributed by atoms with Gasteiger partial charge in [0, 0.05) is 5.69 Å². The van der Waals surface area contributed by atoms with Gasteiger partial charge in [0.2, 0.25) is 0 Å². The summed E-state index contributed by atoms with van der Waals surface area (Å²) in [6.45, 7) is 3.17. The van der Waals surface area contributed by atoms with Crippen molar-refractivity contribution in [1.82, 2.24) is 4.98 Å². The standard InChI is InChI=1S/C9H9F4N/c1-3-6-4-7(10)8(9(11,12)13)14-5(6)2/h4H,3H2,1-2H3. The number of nitrogens with zero attached hydrogens (tertiary/aromatic N) is 1. The highest BCUT2D eigenvalue weighted by molar-refractivity contribution is 5.24. The molecule has 0 atom stereocenters. The number of hydrogen-bond donors (Lipinski definition) is 0. The third kappa shape index (κ3) is 2.02. The number of hydrogen-bond acceptors (Lipinski definition) is 1. The second kappa shape index (κ2) is 3.55. The molecule has 1 aromatic heterocycles. The molecular weight excluding hydrogens is 198 g/mol. The fourth-order valence-electron chi connectivity index (χ4n) is 1.18. The highest BCUT2D eigenvalue weighted by Crippen LogP contribution is 2.30. The van der Waals surface area contributed by atoms with Gasteiger partial charge in [0.05, 0.1) is 0 Å². The number of rotatable bonds is 1. The maximum Gasteiger partial charge on any atom is 0.436 e. The van der Waals surface area contributed by atoms with Crippen molar-refractivity contribution in [2.24, 2.45) is 0 Å². The Labute approximate surface area is 78.8 Å². The van der Waals surface area contributed by atoms with Crippen LogP contribution in [0.4, 0.5) is 17.6 Å². The summed E-state index contributed by atoms with van der Waals surface area (Å²) >= 11 is 0. The van der Waals surface area contributed by atoms with Crippen LogP contribution in [0.25, 0.3) is 0 Å². The molecule has 0 aliphatic carbocycles. The van der Waals surface area contributed by atoms with E-state index in [1.807, 2.05) is 0 Å². The first-order valence-electron chi connectivity index (χ1n) is 4.09. The van der Waals surface area contributed by atoms with E-state index in [0.717, 1.165) is 6.07 Å². The van der Waals surface area contributed by atoms with Crippen LogP contribution in [-0.2, 0) is 12.6 Å². The van der Waals surface area contributed by atoms with Gasteiger partial charge in [0.25, 0.3) is 0 Å². The molecular formula is C9H9F4N. The monoisotopic (exact) mass is 207 g/mol. The van der Waals surface area contributed by atoms with Gasteiger partial charge < -0.3 is 0 Å². The Kier molecular flexibility index (Phi) is 2.78. The fourth-order valence-corrected chi connectivity index (χ4v) is 1.18. The van der Waals surface area contributed by atoms with Crippen LogP contribution >= 0.6 is 0 Å². The Balaban J connectivity index is 3.29. The Bertz CT molecular complexity index is 343. The number of aromatic nitrogens is 1. The Hall–Kier alpha value is -1.13. The minimum atomic E-state index is -4.72. The van der Waals surface area contributed by atoms with E-state index in [1.165, 1.54) is 6.92 Å². The van der Waals surface area contributed by atoms with Crippen molar-refractivity contribution < 1.29 is 17.6 Å². The predicted octanol–water partition coefficient (Wildman–Crippen LogP) is 3.11. The second-order valence-electron chi connectivity index (χ2n) is 2.91. The lowest BCUT2D eigenvalue weighted by molar-refractivity contribution is -0.143. The lowest BCUT2D eigenvalue weighted by atomic mass is 10.1. The molecule has 1 aromatic rings. The quantitative estimate of drug-likeness (QED) is 0.645. The summed E-state index contributed by atoms with van der Waals surface area (Å²) in [6.07, 6.45) is -4.25. The molecule has 1 rings (SSSR count). The van der Waals surface area contributed by atoms with E-state index in [2.05, 4.69) is 4.98 Å². The first-order valence-corrected chi connectivity index (χ1v) is 4.09. The fraction of sp³-hybridized carbons (Fsp3) is 0.444. The maximum atomic E-state index is 12.9. The molecule has 14 heavy (non-hydrogen) atoms. The minimum Gasteiger partial charge on any atom is -0.246 e. The van der Waals surface area contributed by atoms with Crippen LogP contribution in [0.3, 0.4) is 0 Å². The molecule has 0 aliphatic heterocycles. The van der Waals surface area contributed by atoms with Crippen LogP contribution in [0.5, 0.6) is 0 Å². The molecule has 0 saturated heterocycles. The van der Waals surface area contributed by atoms with Gasteiger partial charge in [-0.15, -0.1) is 0 Å². The van der Waals surface area contributed by atoms with E-state index < -0.39 is 17.7 Å². The van der Waals surface area contributed by atoms with Crippen molar-refractivity contribution in [3.05, 3.63) is 28.8 Å². The molecule has 0 aliphatic rings. The summed E-state index contributed by atoms with van der Waals surface area (Å²) in [5.41, 5.74) is -0.719. The van der Waals surface area contributed by atoms with Crippen LogP contribution in [0, 0.1) is 12.7 Å². The van der Waals surface area contributed by atoms with E-state index >= 15 is 0 Å². The van der Waals surface area contributed by atoms with Gasteiger partial charge in [-0.1, -0.05) is 6.92 Å². The SMILES string of the molecule is CCc1cc(F)c(C(F)(F)F)nc1C. The van der Waals surface area contributed by atoms with Crippen molar-refractivity contribution in [3.63, 3.8) is 0 Å². The molecule has 5 heteroatoms. The molecule has 0 N–H and O–H groups in total. The van der Waals surface area contributed by atoms with Gasteiger partial charge in [0.1, 0.15) is 0 Å². The Morgan fingerprint density at radius 3 is 2.36 bits per heavy atom. The molecule has 0 radical (unpaired) electrons. The lowest BCUT2D eigenvalue weighted by Gasteiger charge is -2.10. The molecule has 0 saturated carbocycles. The van der Waals surface area contributed by atoms with E-state index in [-0.39, 0.29) is 5.69 Å². The van der Waals surface area contributed by atoms with Crippen molar-refractivity contribution in [3.8, 4) is 0 Å². The van der Waals surface area contributed by atoms with Crippen molar-refractivity contribution in [2.75, 3.05) is 0 Å². The predicted molar refractivity (Wildman–Crippen MR) is 43.3 cm³/mol. The van der Waals surface area contributed by atoms with Gasteiger partial charge in [-0.05, 0) is 25.0 Å². The van der Waals surface area contributed by atoms with Crippen LogP contribution in [-0.4, -0.2) is 4.98 Å². The van der Waals surface area contributed by atoms with Gasteiger partial charge >= 0.3 is 6.18 Å². The summed E-state index contributed by atoms with van der Waals surface area (Å²) in [7, 11) is 0. The summed E-state index contributed by atoms with van der Waals surface area (Å²) in [5, 5.41) is 0. The third-order valence-electron chi connectivity index (χ3n) is 1.92. The largest absolute Gasteiger partial charge is 0.436 e. The topological polar surface area (TPSA) is 12.9 Å². The van der Waals surface area contributed by atoms with Crippen LogP contribution in [0.1, 0.15) is 23.9 Å². The van der Waals surface area contributed by atoms with Gasteiger partial charge in [-0.2, -0.15) is 13.2 Å². The highest BCUT2D eigenvalue weighted by Gasteiger charge is 2.36. The molecule has 0 spiro atoms. The average molecular weight is 207 g/mol. The Morgan fingerprint density at radius 2 is 1.93 bits per heavy atom. The van der Waals surface area contributed by atoms with E-state index in [0.29, 0.717) is 12.0 Å². The lowest BCUT2D eigenvalue weighted by Crippen LogP contribution is -2.13. The van der Waals surface area contributed by atoms with Crippen LogP contribution in [0.15, 0.2) is 6.07 Å². The summed E-state index contributed by atoms with van der Waals surface area (Å²) in [6, 6.07) is 0.894. The maximum absolute atomic E-state index is 12.9. The molecule has 0 fully saturated rings. The molecule has 1 nitrogen and oxygen atoms in total.